The first kappa shape index (κ1) is 26.6. The number of anilines is 1. The highest BCUT2D eigenvalue weighted by Crippen LogP contribution is 2.28. The molecule has 0 aromatic heterocycles. The third-order valence-corrected chi connectivity index (χ3v) is 6.23. The molecule has 8 nitrogen and oxygen atoms in total. The predicted molar refractivity (Wildman–Crippen MR) is 130 cm³/mol. The van der Waals surface area contributed by atoms with Gasteiger partial charge < -0.3 is 26.4 Å². The molecule has 1 aliphatic rings. The maximum atomic E-state index is 13.6. The van der Waals surface area contributed by atoms with Crippen LogP contribution in [0.1, 0.15) is 71.1 Å². The van der Waals surface area contributed by atoms with Gasteiger partial charge in [-0.25, -0.2) is 9.59 Å². The van der Waals surface area contributed by atoms with Gasteiger partial charge in [0.1, 0.15) is 12.1 Å². The molecule has 1 aromatic carbocycles. The Balaban J connectivity index is 2.15. The van der Waals surface area contributed by atoms with Gasteiger partial charge in [-0.1, -0.05) is 57.2 Å². The van der Waals surface area contributed by atoms with E-state index in [1.54, 1.807) is 4.90 Å². The van der Waals surface area contributed by atoms with Crippen LogP contribution in [0, 0.1) is 5.92 Å². The average Bonchev–Trinajstić information content (AvgIpc) is 2.82. The van der Waals surface area contributed by atoms with E-state index in [0.29, 0.717) is 44.7 Å². The Labute approximate surface area is 197 Å². The van der Waals surface area contributed by atoms with Gasteiger partial charge in [-0.3, -0.25) is 4.79 Å². The van der Waals surface area contributed by atoms with E-state index >= 15 is 0 Å². The van der Waals surface area contributed by atoms with Crippen molar-refractivity contribution in [3.63, 3.8) is 0 Å². The zero-order valence-corrected chi connectivity index (χ0v) is 19.8. The van der Waals surface area contributed by atoms with Crippen molar-refractivity contribution >= 4 is 23.6 Å². The molecule has 1 aromatic rings. The van der Waals surface area contributed by atoms with Crippen molar-refractivity contribution in [1.82, 2.24) is 10.6 Å². The lowest BCUT2D eigenvalue weighted by molar-refractivity contribution is -0.139. The molecule has 0 radical (unpaired) electrons. The largest absolute Gasteiger partial charge is 0.480 e. The Kier molecular flexibility index (Phi) is 11.7. The van der Waals surface area contributed by atoms with E-state index in [1.807, 2.05) is 37.3 Å². The summed E-state index contributed by atoms with van der Waals surface area (Å²) in [5.41, 5.74) is 6.29. The lowest BCUT2D eigenvalue weighted by Gasteiger charge is -2.31. The van der Waals surface area contributed by atoms with E-state index in [0.717, 1.165) is 37.8 Å². The Bertz CT molecular complexity index is 737. The second-order valence-corrected chi connectivity index (χ2v) is 8.91. The van der Waals surface area contributed by atoms with E-state index < -0.39 is 24.1 Å². The molecule has 1 saturated carbocycles. The number of nitrogens with two attached hydrogens (primary N) is 1. The molecular formula is C25H40N4O4. The standard InChI is InChI=1S/C25H40N4O4/c1-2-17-29(20-13-7-4-8-14-20)23(30)22(18-19-11-5-3-6-12-19)28-25(33)27-21(24(31)32)15-9-10-16-26/h4,7-8,13-14,19,21-22H,2-3,5-6,9-12,15-18,26H2,1H3,(H,31,32)(H2,27,28,33)/t21?,22-/m1/s1. The fourth-order valence-electron chi connectivity index (χ4n) is 4.47. The molecule has 33 heavy (non-hydrogen) atoms. The van der Waals surface area contributed by atoms with Gasteiger partial charge in [0, 0.05) is 12.2 Å². The van der Waals surface area contributed by atoms with Gasteiger partial charge in [-0.05, 0) is 56.7 Å². The average molecular weight is 461 g/mol. The van der Waals surface area contributed by atoms with Crippen molar-refractivity contribution in [3.8, 4) is 0 Å². The van der Waals surface area contributed by atoms with Crippen molar-refractivity contribution in [2.24, 2.45) is 11.7 Å². The number of para-hydroxylation sites is 1. The number of carboxylic acids is 1. The van der Waals surface area contributed by atoms with Crippen molar-refractivity contribution in [1.29, 1.82) is 0 Å². The molecule has 5 N–H and O–H groups in total. The first-order valence-corrected chi connectivity index (χ1v) is 12.3. The maximum Gasteiger partial charge on any atom is 0.326 e. The number of carbonyl (C=O) groups excluding carboxylic acids is 2. The Morgan fingerprint density at radius 2 is 1.73 bits per heavy atom. The summed E-state index contributed by atoms with van der Waals surface area (Å²) < 4.78 is 0. The molecule has 3 amide bonds. The predicted octanol–water partition coefficient (Wildman–Crippen LogP) is 3.65. The lowest BCUT2D eigenvalue weighted by Crippen LogP contribution is -2.55. The topological polar surface area (TPSA) is 125 Å². The highest BCUT2D eigenvalue weighted by molar-refractivity contribution is 5.99. The molecule has 1 aliphatic carbocycles. The van der Waals surface area contributed by atoms with Crippen LogP contribution in [0.3, 0.4) is 0 Å². The molecule has 0 bridgehead atoms. The molecule has 0 aliphatic heterocycles. The SMILES string of the molecule is CCCN(C(=O)[C@@H](CC1CCCCC1)NC(=O)NC(CCCCN)C(=O)O)c1ccccc1. The summed E-state index contributed by atoms with van der Waals surface area (Å²) in [5.74, 6) is -0.875. The number of nitrogens with one attached hydrogen (secondary N) is 2. The van der Waals surface area contributed by atoms with E-state index in [1.165, 1.54) is 6.42 Å². The fourth-order valence-corrected chi connectivity index (χ4v) is 4.47. The van der Waals surface area contributed by atoms with E-state index in [-0.39, 0.29) is 5.91 Å². The smallest absolute Gasteiger partial charge is 0.326 e. The summed E-state index contributed by atoms with van der Waals surface area (Å²) in [4.78, 5) is 39.7. The highest BCUT2D eigenvalue weighted by atomic mass is 16.4. The third-order valence-electron chi connectivity index (χ3n) is 6.23. The number of rotatable bonds is 13. The number of unbranched alkanes of at least 4 members (excludes halogenated alkanes) is 1. The maximum absolute atomic E-state index is 13.6. The normalized spacial score (nSPS) is 15.9. The second-order valence-electron chi connectivity index (χ2n) is 8.91. The number of carboxylic acid groups (broad SMARTS) is 1. The first-order valence-electron chi connectivity index (χ1n) is 12.3. The number of urea groups is 1. The van der Waals surface area contributed by atoms with Gasteiger partial charge in [0.05, 0.1) is 0 Å². The minimum Gasteiger partial charge on any atom is -0.480 e. The van der Waals surface area contributed by atoms with Gasteiger partial charge >= 0.3 is 12.0 Å². The van der Waals surface area contributed by atoms with Crippen LogP contribution in [0.2, 0.25) is 0 Å². The van der Waals surface area contributed by atoms with Gasteiger partial charge in [0.25, 0.3) is 0 Å². The van der Waals surface area contributed by atoms with Crippen molar-refractivity contribution in [2.75, 3.05) is 18.0 Å². The Morgan fingerprint density at radius 1 is 1.06 bits per heavy atom. The summed E-state index contributed by atoms with van der Waals surface area (Å²) in [6.45, 7) is 3.03. The van der Waals surface area contributed by atoms with Crippen LogP contribution in [0.5, 0.6) is 0 Å². The zero-order valence-electron chi connectivity index (χ0n) is 19.8. The van der Waals surface area contributed by atoms with Crippen LogP contribution in [0.15, 0.2) is 30.3 Å². The van der Waals surface area contributed by atoms with Gasteiger partial charge in [-0.2, -0.15) is 0 Å². The zero-order chi connectivity index (χ0) is 24.1. The number of hydrogen-bond acceptors (Lipinski definition) is 4. The molecule has 0 heterocycles. The monoisotopic (exact) mass is 460 g/mol. The Hall–Kier alpha value is -2.61. The summed E-state index contributed by atoms with van der Waals surface area (Å²) in [6.07, 6.45) is 8.51. The molecule has 2 rings (SSSR count). The second kappa shape index (κ2) is 14.5. The number of hydrogen-bond donors (Lipinski definition) is 4. The summed E-state index contributed by atoms with van der Waals surface area (Å²) in [6, 6.07) is 7.13. The van der Waals surface area contributed by atoms with Crippen molar-refractivity contribution in [3.05, 3.63) is 30.3 Å². The minimum absolute atomic E-state index is 0.154. The van der Waals surface area contributed by atoms with Crippen molar-refractivity contribution in [2.45, 2.75) is 83.2 Å². The fraction of sp³-hybridized carbons (Fsp3) is 0.640. The highest BCUT2D eigenvalue weighted by Gasteiger charge is 2.31. The van der Waals surface area contributed by atoms with Crippen LogP contribution >= 0.6 is 0 Å². The van der Waals surface area contributed by atoms with Crippen molar-refractivity contribution < 1.29 is 19.5 Å². The van der Waals surface area contributed by atoms with E-state index in [2.05, 4.69) is 10.6 Å². The van der Waals surface area contributed by atoms with Gasteiger partial charge in [0.15, 0.2) is 0 Å². The van der Waals surface area contributed by atoms with Crippen LogP contribution in [0.25, 0.3) is 0 Å². The molecule has 0 spiro atoms. The van der Waals surface area contributed by atoms with Crippen LogP contribution in [0.4, 0.5) is 10.5 Å². The van der Waals surface area contributed by atoms with Gasteiger partial charge in [-0.15, -0.1) is 0 Å². The number of amides is 3. The summed E-state index contributed by atoms with van der Waals surface area (Å²) in [7, 11) is 0. The van der Waals surface area contributed by atoms with Crippen LogP contribution in [-0.4, -0.2) is 48.2 Å². The molecule has 0 saturated heterocycles. The first-order chi connectivity index (χ1) is 16.0. The number of benzene rings is 1. The quantitative estimate of drug-likeness (QED) is 0.334. The minimum atomic E-state index is -1.09. The van der Waals surface area contributed by atoms with E-state index in [4.69, 9.17) is 5.73 Å². The molecule has 1 unspecified atom stereocenters. The van der Waals surface area contributed by atoms with E-state index in [9.17, 15) is 19.5 Å². The Morgan fingerprint density at radius 3 is 2.33 bits per heavy atom. The lowest BCUT2D eigenvalue weighted by atomic mass is 9.84. The summed E-state index contributed by atoms with van der Waals surface area (Å²) >= 11 is 0. The number of nitrogens with zero attached hydrogens (tertiary/aromatic N) is 1. The molecular weight excluding hydrogens is 420 g/mol. The van der Waals surface area contributed by atoms with Gasteiger partial charge in [0.2, 0.25) is 5.91 Å². The molecule has 1 fully saturated rings. The van der Waals surface area contributed by atoms with Crippen LogP contribution in [-0.2, 0) is 9.59 Å². The third kappa shape index (κ3) is 9.04. The molecule has 8 heteroatoms. The molecule has 2 atom stereocenters. The number of aliphatic carboxylic acids is 1. The summed E-state index contributed by atoms with van der Waals surface area (Å²) in [5, 5.41) is 14.9. The molecule has 184 valence electrons. The number of carbonyl (C=O) groups is 3. The van der Waals surface area contributed by atoms with Crippen LogP contribution < -0.4 is 21.3 Å².